The molecule has 0 spiro atoms. The minimum absolute atomic E-state index is 0.00781. The summed E-state index contributed by atoms with van der Waals surface area (Å²) in [7, 11) is 2.00. The van der Waals surface area contributed by atoms with Gasteiger partial charge in [0.25, 0.3) is 0 Å². The summed E-state index contributed by atoms with van der Waals surface area (Å²) in [6.45, 7) is 6.08. The van der Waals surface area contributed by atoms with Crippen LogP contribution in [0.5, 0.6) is 0 Å². The van der Waals surface area contributed by atoms with Gasteiger partial charge in [0.05, 0.1) is 12.6 Å². The molecule has 0 aliphatic carbocycles. The standard InChI is InChI=1S/C17H21ClN2O/c1-11-9-12(2)19-17(16(11)10-21)20(4)13(3)14-5-7-15(18)8-6-14/h5-9,13,21H,10H2,1-4H3. The van der Waals surface area contributed by atoms with Gasteiger partial charge in [-0.15, -0.1) is 0 Å². The molecule has 0 fully saturated rings. The zero-order valence-electron chi connectivity index (χ0n) is 12.9. The molecule has 0 radical (unpaired) electrons. The number of rotatable bonds is 4. The molecule has 2 rings (SSSR count). The number of hydrogen-bond donors (Lipinski definition) is 1. The van der Waals surface area contributed by atoms with Crippen LogP contribution in [0.3, 0.4) is 0 Å². The number of aryl methyl sites for hydroxylation is 2. The molecule has 1 atom stereocenters. The van der Waals surface area contributed by atoms with Crippen molar-refractivity contribution in [3.63, 3.8) is 0 Å². The molecule has 1 N–H and O–H groups in total. The molecule has 0 saturated carbocycles. The van der Waals surface area contributed by atoms with E-state index in [1.165, 1.54) is 0 Å². The van der Waals surface area contributed by atoms with Crippen LogP contribution in [0.2, 0.25) is 5.02 Å². The molecular formula is C17H21ClN2O. The predicted octanol–water partition coefficient (Wildman–Crippen LogP) is 4.04. The number of aliphatic hydroxyl groups excluding tert-OH is 1. The van der Waals surface area contributed by atoms with E-state index in [-0.39, 0.29) is 12.6 Å². The highest BCUT2D eigenvalue weighted by atomic mass is 35.5. The molecule has 1 unspecified atom stereocenters. The largest absolute Gasteiger partial charge is 0.392 e. The van der Waals surface area contributed by atoms with Crippen LogP contribution in [0.4, 0.5) is 5.82 Å². The lowest BCUT2D eigenvalue weighted by Gasteiger charge is -2.29. The molecule has 0 amide bonds. The van der Waals surface area contributed by atoms with Crippen molar-refractivity contribution in [3.05, 3.63) is 57.7 Å². The first-order valence-corrected chi connectivity index (χ1v) is 7.38. The van der Waals surface area contributed by atoms with Crippen LogP contribution in [0.1, 0.15) is 35.3 Å². The Labute approximate surface area is 131 Å². The van der Waals surface area contributed by atoms with Gasteiger partial charge in [0.15, 0.2) is 0 Å². The highest BCUT2D eigenvalue weighted by molar-refractivity contribution is 6.30. The van der Waals surface area contributed by atoms with Crippen molar-refractivity contribution in [1.29, 1.82) is 0 Å². The minimum Gasteiger partial charge on any atom is -0.392 e. The molecular weight excluding hydrogens is 284 g/mol. The lowest BCUT2D eigenvalue weighted by Crippen LogP contribution is -2.24. The van der Waals surface area contributed by atoms with Gasteiger partial charge in [-0.25, -0.2) is 4.98 Å². The normalized spacial score (nSPS) is 12.3. The molecule has 1 aromatic carbocycles. The average Bonchev–Trinajstić information content (AvgIpc) is 2.46. The van der Waals surface area contributed by atoms with Crippen molar-refractivity contribution in [1.82, 2.24) is 4.98 Å². The second kappa shape index (κ2) is 6.46. The molecule has 21 heavy (non-hydrogen) atoms. The fraction of sp³-hybridized carbons (Fsp3) is 0.353. The summed E-state index contributed by atoms with van der Waals surface area (Å²) in [6.07, 6.45) is 0. The number of benzene rings is 1. The molecule has 0 saturated heterocycles. The fourth-order valence-electron chi connectivity index (χ4n) is 2.48. The number of pyridine rings is 1. The van der Waals surface area contributed by atoms with Gasteiger partial charge in [0.1, 0.15) is 5.82 Å². The Kier molecular flexibility index (Phi) is 4.86. The van der Waals surface area contributed by atoms with Crippen LogP contribution in [0.15, 0.2) is 30.3 Å². The van der Waals surface area contributed by atoms with Crippen molar-refractivity contribution in [2.75, 3.05) is 11.9 Å². The molecule has 0 aliphatic rings. The van der Waals surface area contributed by atoms with Gasteiger partial charge < -0.3 is 10.0 Å². The lowest BCUT2D eigenvalue weighted by molar-refractivity contribution is 0.280. The van der Waals surface area contributed by atoms with E-state index in [0.29, 0.717) is 0 Å². The summed E-state index contributed by atoms with van der Waals surface area (Å²) < 4.78 is 0. The first-order valence-electron chi connectivity index (χ1n) is 7.00. The van der Waals surface area contributed by atoms with E-state index in [1.807, 2.05) is 51.2 Å². The summed E-state index contributed by atoms with van der Waals surface area (Å²) in [4.78, 5) is 6.70. The van der Waals surface area contributed by atoms with E-state index in [1.54, 1.807) is 0 Å². The van der Waals surface area contributed by atoms with Crippen molar-refractivity contribution < 1.29 is 5.11 Å². The molecule has 0 bridgehead atoms. The van der Waals surface area contributed by atoms with Crippen molar-refractivity contribution in [2.24, 2.45) is 0 Å². The smallest absolute Gasteiger partial charge is 0.134 e. The number of nitrogens with zero attached hydrogens (tertiary/aromatic N) is 2. The number of aliphatic hydroxyl groups is 1. The Hall–Kier alpha value is -1.58. The summed E-state index contributed by atoms with van der Waals surface area (Å²) >= 11 is 5.94. The van der Waals surface area contributed by atoms with Gasteiger partial charge in [-0.3, -0.25) is 0 Å². The van der Waals surface area contributed by atoms with Crippen LogP contribution < -0.4 is 4.90 Å². The second-order valence-corrected chi connectivity index (χ2v) is 5.82. The Morgan fingerprint density at radius 3 is 2.43 bits per heavy atom. The van der Waals surface area contributed by atoms with Gasteiger partial charge in [-0.1, -0.05) is 23.7 Å². The first kappa shape index (κ1) is 15.8. The van der Waals surface area contributed by atoms with Crippen molar-refractivity contribution >= 4 is 17.4 Å². The first-order chi connectivity index (χ1) is 9.93. The lowest BCUT2D eigenvalue weighted by atomic mass is 10.1. The molecule has 1 heterocycles. The zero-order chi connectivity index (χ0) is 15.6. The van der Waals surface area contributed by atoms with Gasteiger partial charge in [-0.2, -0.15) is 0 Å². The predicted molar refractivity (Wildman–Crippen MR) is 87.9 cm³/mol. The van der Waals surface area contributed by atoms with Crippen LogP contribution in [0, 0.1) is 13.8 Å². The van der Waals surface area contributed by atoms with Crippen molar-refractivity contribution in [2.45, 2.75) is 33.4 Å². The van der Waals surface area contributed by atoms with Crippen LogP contribution >= 0.6 is 11.6 Å². The highest BCUT2D eigenvalue weighted by Crippen LogP contribution is 2.29. The fourth-order valence-corrected chi connectivity index (χ4v) is 2.61. The second-order valence-electron chi connectivity index (χ2n) is 5.38. The Balaban J connectivity index is 2.39. The van der Waals surface area contributed by atoms with Gasteiger partial charge >= 0.3 is 0 Å². The minimum atomic E-state index is -0.00781. The summed E-state index contributed by atoms with van der Waals surface area (Å²) in [5.41, 5.74) is 4.06. The maximum atomic E-state index is 9.64. The zero-order valence-corrected chi connectivity index (χ0v) is 13.6. The van der Waals surface area contributed by atoms with Crippen LogP contribution in [0.25, 0.3) is 0 Å². The van der Waals surface area contributed by atoms with E-state index >= 15 is 0 Å². The molecule has 112 valence electrons. The average molecular weight is 305 g/mol. The highest BCUT2D eigenvalue weighted by Gasteiger charge is 2.18. The van der Waals surface area contributed by atoms with Crippen LogP contribution in [-0.4, -0.2) is 17.1 Å². The number of hydrogen-bond acceptors (Lipinski definition) is 3. The van der Waals surface area contributed by atoms with E-state index in [4.69, 9.17) is 11.6 Å². The Morgan fingerprint density at radius 1 is 1.24 bits per heavy atom. The third-order valence-electron chi connectivity index (χ3n) is 3.88. The van der Waals surface area contributed by atoms with Gasteiger partial charge in [0, 0.05) is 23.3 Å². The number of halogens is 1. The SMILES string of the molecule is Cc1cc(C)c(CO)c(N(C)C(C)c2ccc(Cl)cc2)n1. The van der Waals surface area contributed by atoms with Crippen molar-refractivity contribution in [3.8, 4) is 0 Å². The maximum absolute atomic E-state index is 9.64. The third-order valence-corrected chi connectivity index (χ3v) is 4.13. The van der Waals surface area contributed by atoms with Crippen LogP contribution in [-0.2, 0) is 6.61 Å². The van der Waals surface area contributed by atoms with E-state index in [2.05, 4.69) is 16.8 Å². The summed E-state index contributed by atoms with van der Waals surface area (Å²) in [5, 5.41) is 10.4. The monoisotopic (exact) mass is 304 g/mol. The maximum Gasteiger partial charge on any atom is 0.134 e. The molecule has 2 aromatic rings. The quantitative estimate of drug-likeness (QED) is 0.926. The topological polar surface area (TPSA) is 36.4 Å². The number of anilines is 1. The Morgan fingerprint density at radius 2 is 1.86 bits per heavy atom. The summed E-state index contributed by atoms with van der Waals surface area (Å²) in [5.74, 6) is 0.831. The molecule has 3 nitrogen and oxygen atoms in total. The Bertz CT molecular complexity index is 625. The molecule has 1 aromatic heterocycles. The molecule has 4 heteroatoms. The van der Waals surface area contributed by atoms with E-state index in [0.717, 1.165) is 33.2 Å². The summed E-state index contributed by atoms with van der Waals surface area (Å²) in [6, 6.07) is 9.96. The van der Waals surface area contributed by atoms with Gasteiger partial charge in [-0.05, 0) is 50.1 Å². The van der Waals surface area contributed by atoms with E-state index in [9.17, 15) is 5.11 Å². The third kappa shape index (κ3) is 3.36. The van der Waals surface area contributed by atoms with Gasteiger partial charge in [0.2, 0.25) is 0 Å². The van der Waals surface area contributed by atoms with E-state index < -0.39 is 0 Å². The molecule has 0 aliphatic heterocycles. The number of aromatic nitrogens is 1.